The van der Waals surface area contributed by atoms with Crippen molar-refractivity contribution >= 4 is 18.2 Å². The van der Waals surface area contributed by atoms with Crippen LogP contribution < -0.4 is 0 Å². The van der Waals surface area contributed by atoms with Gasteiger partial charge in [0.05, 0.1) is 6.10 Å². The van der Waals surface area contributed by atoms with Crippen molar-refractivity contribution in [2.24, 2.45) is 11.8 Å². The van der Waals surface area contributed by atoms with Gasteiger partial charge in [-0.05, 0) is 92.1 Å². The number of cyclic esters (lactones) is 1. The first-order chi connectivity index (χ1) is 18.0. The number of carbonyl (C=O) groups is 3. The Morgan fingerprint density at radius 3 is 2.00 bits per heavy atom. The Kier molecular flexibility index (Phi) is 11.4. The number of ether oxygens (including phenoxy) is 4. The van der Waals surface area contributed by atoms with Gasteiger partial charge in [0.2, 0.25) is 0 Å². The van der Waals surface area contributed by atoms with Crippen LogP contribution in [0.4, 0.5) is 9.59 Å². The highest BCUT2D eigenvalue weighted by molar-refractivity contribution is 5.94. The second-order valence-electron chi connectivity index (χ2n) is 13.1. The summed E-state index contributed by atoms with van der Waals surface area (Å²) < 4.78 is 23.3. The van der Waals surface area contributed by atoms with E-state index in [4.69, 9.17) is 18.9 Å². The fourth-order valence-corrected chi connectivity index (χ4v) is 4.57. The fraction of sp³-hybridized carbons (Fsp3) is 0.710. The molecular weight excluding hydrogens is 498 g/mol. The van der Waals surface area contributed by atoms with Gasteiger partial charge in [0, 0.05) is 6.61 Å². The van der Waals surface area contributed by atoms with Crippen LogP contribution >= 0.6 is 0 Å². The molecule has 8 heteroatoms. The highest BCUT2D eigenvalue weighted by Gasteiger charge is 2.43. The Hall–Kier alpha value is -2.61. The van der Waals surface area contributed by atoms with E-state index in [1.54, 1.807) is 41.5 Å². The minimum absolute atomic E-state index is 0.0736. The van der Waals surface area contributed by atoms with Crippen molar-refractivity contribution in [2.75, 3.05) is 6.61 Å². The molecule has 0 N–H and O–H groups in total. The predicted octanol–water partition coefficient (Wildman–Crippen LogP) is 6.85. The number of imide groups is 1. The zero-order chi connectivity index (χ0) is 29.5. The lowest BCUT2D eigenvalue weighted by molar-refractivity contribution is -0.164. The Bertz CT molecular complexity index is 931. The summed E-state index contributed by atoms with van der Waals surface area (Å²) in [5.74, 6) is -0.291. The maximum absolute atomic E-state index is 13.6. The standard InChI is InChI=1S/C31H49NO7/c1-20(2)19-36-26-22(4)37-27(33)25(13-11-12-24(26)18-23-16-14-21(3)15-17-23)32(28(34)38-30(5,6)7)29(35)39-31(8,9)10/h14-17,20,22,24-26H,11-13,18-19H2,1-10H3. The average Bonchev–Trinajstić information content (AvgIpc) is 2.81. The molecule has 0 saturated carbocycles. The van der Waals surface area contributed by atoms with Gasteiger partial charge >= 0.3 is 18.2 Å². The SMILES string of the molecule is Cc1ccc(CC2CCCC(N(C(=O)OC(C)(C)C)C(=O)OC(C)(C)C)C(=O)OC(C)C2OCC(C)C)cc1. The maximum Gasteiger partial charge on any atom is 0.420 e. The molecule has 1 fully saturated rings. The summed E-state index contributed by atoms with van der Waals surface area (Å²) in [6.45, 7) is 18.8. The van der Waals surface area contributed by atoms with E-state index >= 15 is 0 Å². The number of nitrogens with zero attached hydrogens (tertiary/aromatic N) is 1. The second kappa shape index (κ2) is 13.6. The van der Waals surface area contributed by atoms with Crippen LogP contribution in [0, 0.1) is 18.8 Å². The van der Waals surface area contributed by atoms with Gasteiger partial charge in [0.15, 0.2) is 0 Å². The molecule has 2 rings (SSSR count). The van der Waals surface area contributed by atoms with Crippen molar-refractivity contribution in [3.8, 4) is 0 Å². The molecule has 4 unspecified atom stereocenters. The molecule has 1 saturated heterocycles. The van der Waals surface area contributed by atoms with Gasteiger partial charge in [0.25, 0.3) is 0 Å². The normalized spacial score (nSPS) is 22.8. The van der Waals surface area contributed by atoms with Gasteiger partial charge in [-0.3, -0.25) is 0 Å². The smallest absolute Gasteiger partial charge is 0.420 e. The third-order valence-corrected chi connectivity index (χ3v) is 6.29. The molecule has 220 valence electrons. The molecule has 0 radical (unpaired) electrons. The average molecular weight is 548 g/mol. The molecule has 4 atom stereocenters. The number of aryl methyl sites for hydroxylation is 1. The highest BCUT2D eigenvalue weighted by atomic mass is 16.6. The van der Waals surface area contributed by atoms with Gasteiger partial charge < -0.3 is 18.9 Å². The Morgan fingerprint density at radius 1 is 0.974 bits per heavy atom. The topological polar surface area (TPSA) is 91.4 Å². The molecule has 0 bridgehead atoms. The minimum atomic E-state index is -1.18. The van der Waals surface area contributed by atoms with E-state index in [1.165, 1.54) is 11.1 Å². The van der Waals surface area contributed by atoms with E-state index in [1.807, 2.05) is 6.92 Å². The summed E-state index contributed by atoms with van der Waals surface area (Å²) in [5, 5.41) is 0. The number of amides is 2. The molecule has 1 aromatic carbocycles. The van der Waals surface area contributed by atoms with Crippen molar-refractivity contribution in [3.05, 3.63) is 35.4 Å². The molecule has 39 heavy (non-hydrogen) atoms. The minimum Gasteiger partial charge on any atom is -0.458 e. The first kappa shape index (κ1) is 32.6. The molecule has 1 aliphatic rings. The largest absolute Gasteiger partial charge is 0.458 e. The Labute approximate surface area is 234 Å². The molecule has 8 nitrogen and oxygen atoms in total. The van der Waals surface area contributed by atoms with E-state index in [2.05, 4.69) is 45.0 Å². The van der Waals surface area contributed by atoms with Gasteiger partial charge in [0.1, 0.15) is 23.3 Å². The van der Waals surface area contributed by atoms with Crippen LogP contribution in [0.2, 0.25) is 0 Å². The van der Waals surface area contributed by atoms with Gasteiger partial charge in [-0.2, -0.15) is 4.90 Å². The monoisotopic (exact) mass is 547 g/mol. The number of esters is 1. The van der Waals surface area contributed by atoms with Crippen LogP contribution in [0.15, 0.2) is 24.3 Å². The third-order valence-electron chi connectivity index (χ3n) is 6.29. The second-order valence-corrected chi connectivity index (χ2v) is 13.1. The first-order valence-corrected chi connectivity index (χ1v) is 14.1. The van der Waals surface area contributed by atoms with E-state index in [9.17, 15) is 14.4 Å². The zero-order valence-corrected chi connectivity index (χ0v) is 25.5. The lowest BCUT2D eigenvalue weighted by Gasteiger charge is -2.33. The molecule has 0 spiro atoms. The van der Waals surface area contributed by atoms with E-state index < -0.39 is 41.5 Å². The number of hydrogen-bond acceptors (Lipinski definition) is 7. The summed E-state index contributed by atoms with van der Waals surface area (Å²) in [5.41, 5.74) is 0.627. The first-order valence-electron chi connectivity index (χ1n) is 14.1. The van der Waals surface area contributed by atoms with Gasteiger partial charge in [-0.1, -0.05) is 50.1 Å². The van der Waals surface area contributed by atoms with Gasteiger partial charge in [-0.25, -0.2) is 14.4 Å². The summed E-state index contributed by atoms with van der Waals surface area (Å²) in [7, 11) is 0. The number of benzene rings is 1. The lowest BCUT2D eigenvalue weighted by atomic mass is 9.86. The predicted molar refractivity (Wildman–Crippen MR) is 150 cm³/mol. The van der Waals surface area contributed by atoms with Gasteiger partial charge in [-0.15, -0.1) is 0 Å². The quantitative estimate of drug-likeness (QED) is 0.284. The van der Waals surface area contributed by atoms with Crippen LogP contribution in [0.25, 0.3) is 0 Å². The lowest BCUT2D eigenvalue weighted by Crippen LogP contribution is -2.53. The van der Waals surface area contributed by atoms with Crippen LogP contribution in [0.1, 0.15) is 92.7 Å². The van der Waals surface area contributed by atoms with Crippen LogP contribution in [-0.4, -0.2) is 59.1 Å². The third kappa shape index (κ3) is 10.8. The Morgan fingerprint density at radius 2 is 1.51 bits per heavy atom. The fourth-order valence-electron chi connectivity index (χ4n) is 4.57. The summed E-state index contributed by atoms with van der Waals surface area (Å²) in [6.07, 6.45) is -0.511. The van der Waals surface area contributed by atoms with Crippen molar-refractivity contribution < 1.29 is 33.3 Å². The zero-order valence-electron chi connectivity index (χ0n) is 25.5. The summed E-state index contributed by atoms with van der Waals surface area (Å²) in [6, 6.07) is 7.24. The molecule has 0 aliphatic carbocycles. The highest BCUT2D eigenvalue weighted by Crippen LogP contribution is 2.30. The maximum atomic E-state index is 13.6. The van der Waals surface area contributed by atoms with Crippen molar-refractivity contribution in [2.45, 2.75) is 124 Å². The van der Waals surface area contributed by atoms with Crippen LogP contribution in [0.3, 0.4) is 0 Å². The number of hydrogen-bond donors (Lipinski definition) is 0. The van der Waals surface area contributed by atoms with Crippen LogP contribution in [0.5, 0.6) is 0 Å². The number of rotatable bonds is 6. The van der Waals surface area contributed by atoms with Crippen molar-refractivity contribution in [1.82, 2.24) is 4.90 Å². The summed E-state index contributed by atoms with van der Waals surface area (Å²) in [4.78, 5) is 40.8. The van der Waals surface area contributed by atoms with Crippen molar-refractivity contribution in [1.29, 1.82) is 0 Å². The van der Waals surface area contributed by atoms with Crippen LogP contribution in [-0.2, 0) is 30.2 Å². The summed E-state index contributed by atoms with van der Waals surface area (Å²) >= 11 is 0. The molecule has 1 heterocycles. The molecule has 1 aliphatic heterocycles. The molecule has 0 aromatic heterocycles. The van der Waals surface area contributed by atoms with E-state index in [0.29, 0.717) is 18.9 Å². The molecule has 2 amide bonds. The molecular formula is C31H49NO7. The Balaban J connectivity index is 2.40. The molecule has 1 aromatic rings. The number of carbonyl (C=O) groups excluding carboxylic acids is 3. The van der Waals surface area contributed by atoms with Crippen molar-refractivity contribution in [3.63, 3.8) is 0 Å². The van der Waals surface area contributed by atoms with E-state index in [0.717, 1.165) is 17.7 Å². The van der Waals surface area contributed by atoms with E-state index in [-0.39, 0.29) is 18.4 Å².